The lowest BCUT2D eigenvalue weighted by Crippen LogP contribution is -2.44. The molecule has 1 aliphatic rings. The van der Waals surface area contributed by atoms with Crippen molar-refractivity contribution in [3.63, 3.8) is 0 Å². The third-order valence-corrected chi connectivity index (χ3v) is 5.28. The normalized spacial score (nSPS) is 17.2. The molecule has 1 atom stereocenters. The molecule has 0 saturated carbocycles. The fraction of sp³-hybridized carbons (Fsp3) is 0.364. The molecule has 0 radical (unpaired) electrons. The Morgan fingerprint density at radius 3 is 2.61 bits per heavy atom. The van der Waals surface area contributed by atoms with Gasteiger partial charge in [-0.15, -0.1) is 0 Å². The maximum atomic E-state index is 12.6. The van der Waals surface area contributed by atoms with Crippen LogP contribution in [0.4, 0.5) is 11.4 Å². The molecule has 0 aromatic heterocycles. The third kappa shape index (κ3) is 5.33. The van der Waals surface area contributed by atoms with Crippen LogP contribution in [0.15, 0.2) is 42.5 Å². The number of carbonyl (C=O) groups is 2. The topological polar surface area (TPSA) is 61.4 Å². The summed E-state index contributed by atoms with van der Waals surface area (Å²) >= 11 is 6.28. The number of hydrogen-bond acceptors (Lipinski definition) is 3. The van der Waals surface area contributed by atoms with E-state index in [4.69, 9.17) is 11.6 Å². The molecule has 1 heterocycles. The number of aryl methyl sites for hydroxylation is 2. The summed E-state index contributed by atoms with van der Waals surface area (Å²) in [5.74, 6) is -0.224. The van der Waals surface area contributed by atoms with Gasteiger partial charge in [-0.3, -0.25) is 14.5 Å². The van der Waals surface area contributed by atoms with Crippen LogP contribution in [0.3, 0.4) is 0 Å². The van der Waals surface area contributed by atoms with Crippen molar-refractivity contribution < 1.29 is 9.59 Å². The van der Waals surface area contributed by atoms with Crippen LogP contribution in [0.2, 0.25) is 5.02 Å². The van der Waals surface area contributed by atoms with E-state index in [0.29, 0.717) is 17.3 Å². The van der Waals surface area contributed by atoms with Gasteiger partial charge < -0.3 is 10.6 Å². The molecule has 2 aromatic carbocycles. The van der Waals surface area contributed by atoms with Crippen LogP contribution < -0.4 is 10.6 Å². The molecule has 2 N–H and O–H groups in total. The summed E-state index contributed by atoms with van der Waals surface area (Å²) < 4.78 is 0. The van der Waals surface area contributed by atoms with E-state index in [1.807, 2.05) is 61.2 Å². The zero-order valence-corrected chi connectivity index (χ0v) is 17.1. The number of hydrogen-bond donors (Lipinski definition) is 2. The summed E-state index contributed by atoms with van der Waals surface area (Å²) in [5, 5.41) is 6.43. The van der Waals surface area contributed by atoms with Crippen LogP contribution in [-0.2, 0) is 9.59 Å². The van der Waals surface area contributed by atoms with E-state index in [1.165, 1.54) is 0 Å². The predicted octanol–water partition coefficient (Wildman–Crippen LogP) is 4.25. The van der Waals surface area contributed by atoms with Gasteiger partial charge in [-0.05, 0) is 62.6 Å². The first kappa shape index (κ1) is 20.4. The SMILES string of the molecule is Cc1cc(C)c(NC(=O)CN2CCC[C@@H](C(=O)Nc3ccccc3)C2)c(Cl)c1. The summed E-state index contributed by atoms with van der Waals surface area (Å²) in [6, 6.07) is 13.3. The van der Waals surface area contributed by atoms with Crippen molar-refractivity contribution >= 4 is 34.8 Å². The first-order valence-corrected chi connectivity index (χ1v) is 9.95. The number of benzene rings is 2. The van der Waals surface area contributed by atoms with Gasteiger partial charge in [-0.1, -0.05) is 35.9 Å². The van der Waals surface area contributed by atoms with E-state index >= 15 is 0 Å². The lowest BCUT2D eigenvalue weighted by Gasteiger charge is -2.31. The first-order chi connectivity index (χ1) is 13.4. The molecule has 1 aliphatic heterocycles. The monoisotopic (exact) mass is 399 g/mol. The van der Waals surface area contributed by atoms with Crippen molar-refractivity contribution in [3.8, 4) is 0 Å². The highest BCUT2D eigenvalue weighted by molar-refractivity contribution is 6.34. The third-order valence-electron chi connectivity index (χ3n) is 4.98. The molecule has 1 fully saturated rings. The van der Waals surface area contributed by atoms with Crippen molar-refractivity contribution in [1.29, 1.82) is 0 Å². The van der Waals surface area contributed by atoms with Crippen LogP contribution >= 0.6 is 11.6 Å². The van der Waals surface area contributed by atoms with Crippen LogP contribution in [-0.4, -0.2) is 36.3 Å². The fourth-order valence-electron chi connectivity index (χ4n) is 3.64. The summed E-state index contributed by atoms with van der Waals surface area (Å²) in [7, 11) is 0. The lowest BCUT2D eigenvalue weighted by molar-refractivity contribution is -0.123. The van der Waals surface area contributed by atoms with E-state index in [2.05, 4.69) is 10.6 Å². The molecule has 0 bridgehead atoms. The van der Waals surface area contributed by atoms with Gasteiger partial charge in [0.2, 0.25) is 11.8 Å². The van der Waals surface area contributed by atoms with Gasteiger partial charge in [0.05, 0.1) is 23.2 Å². The smallest absolute Gasteiger partial charge is 0.238 e. The van der Waals surface area contributed by atoms with E-state index in [1.54, 1.807) is 0 Å². The average Bonchev–Trinajstić information content (AvgIpc) is 2.65. The van der Waals surface area contributed by atoms with Crippen LogP contribution in [0.1, 0.15) is 24.0 Å². The van der Waals surface area contributed by atoms with Crippen molar-refractivity contribution in [2.24, 2.45) is 5.92 Å². The number of halogens is 1. The van der Waals surface area contributed by atoms with Gasteiger partial charge in [-0.2, -0.15) is 0 Å². The fourth-order valence-corrected chi connectivity index (χ4v) is 4.00. The number of rotatable bonds is 5. The number of nitrogens with zero attached hydrogens (tertiary/aromatic N) is 1. The van der Waals surface area contributed by atoms with Gasteiger partial charge in [0.15, 0.2) is 0 Å². The molecule has 6 heteroatoms. The number of amides is 2. The van der Waals surface area contributed by atoms with E-state index in [9.17, 15) is 9.59 Å². The van der Waals surface area contributed by atoms with Crippen molar-refractivity contribution in [3.05, 3.63) is 58.6 Å². The Morgan fingerprint density at radius 2 is 1.89 bits per heavy atom. The van der Waals surface area contributed by atoms with Crippen molar-refractivity contribution in [2.45, 2.75) is 26.7 Å². The largest absolute Gasteiger partial charge is 0.326 e. The van der Waals surface area contributed by atoms with Gasteiger partial charge in [0.1, 0.15) is 0 Å². The second kappa shape index (κ2) is 9.22. The maximum Gasteiger partial charge on any atom is 0.238 e. The Bertz CT molecular complexity index is 831. The minimum absolute atomic E-state index is 0.00808. The average molecular weight is 400 g/mol. The second-order valence-electron chi connectivity index (χ2n) is 7.42. The number of likely N-dealkylation sites (tertiary alicyclic amines) is 1. The Kier molecular flexibility index (Phi) is 6.70. The molecule has 5 nitrogen and oxygen atoms in total. The number of piperidine rings is 1. The lowest BCUT2D eigenvalue weighted by atomic mass is 9.97. The zero-order chi connectivity index (χ0) is 20.1. The molecule has 148 valence electrons. The number of anilines is 2. The molecule has 0 aliphatic carbocycles. The van der Waals surface area contributed by atoms with Crippen LogP contribution in [0, 0.1) is 19.8 Å². The predicted molar refractivity (Wildman–Crippen MR) is 114 cm³/mol. The Balaban J connectivity index is 1.56. The van der Waals surface area contributed by atoms with Crippen molar-refractivity contribution in [1.82, 2.24) is 4.90 Å². The minimum Gasteiger partial charge on any atom is -0.326 e. The summed E-state index contributed by atoms with van der Waals surface area (Å²) in [6.07, 6.45) is 1.73. The highest BCUT2D eigenvalue weighted by Gasteiger charge is 2.27. The molecular formula is C22H26ClN3O2. The molecule has 28 heavy (non-hydrogen) atoms. The molecular weight excluding hydrogens is 374 g/mol. The molecule has 3 rings (SSSR count). The van der Waals surface area contributed by atoms with Gasteiger partial charge in [0.25, 0.3) is 0 Å². The molecule has 2 amide bonds. The Labute approximate surface area is 171 Å². The minimum atomic E-state index is -0.119. The number of nitrogens with one attached hydrogen (secondary N) is 2. The molecule has 0 unspecified atom stereocenters. The molecule has 1 saturated heterocycles. The van der Waals surface area contributed by atoms with Crippen molar-refractivity contribution in [2.75, 3.05) is 30.3 Å². The zero-order valence-electron chi connectivity index (χ0n) is 16.3. The Hall–Kier alpha value is -2.37. The summed E-state index contributed by atoms with van der Waals surface area (Å²) in [4.78, 5) is 27.1. The number of carbonyl (C=O) groups excluding carboxylic acids is 2. The maximum absolute atomic E-state index is 12.6. The van der Waals surface area contributed by atoms with Crippen LogP contribution in [0.25, 0.3) is 0 Å². The quantitative estimate of drug-likeness (QED) is 0.790. The highest BCUT2D eigenvalue weighted by Crippen LogP contribution is 2.27. The first-order valence-electron chi connectivity index (χ1n) is 9.57. The van der Waals surface area contributed by atoms with Gasteiger partial charge >= 0.3 is 0 Å². The van der Waals surface area contributed by atoms with E-state index in [-0.39, 0.29) is 24.3 Å². The molecule has 0 spiro atoms. The standard InChI is InChI=1S/C22H26ClN3O2/c1-15-11-16(2)21(19(23)12-15)25-20(27)14-26-10-6-7-17(13-26)22(28)24-18-8-4-3-5-9-18/h3-5,8-9,11-12,17H,6-7,10,13-14H2,1-2H3,(H,24,28)(H,25,27)/t17-/m1/s1. The number of para-hydroxylation sites is 1. The summed E-state index contributed by atoms with van der Waals surface area (Å²) in [5.41, 5.74) is 3.46. The van der Waals surface area contributed by atoms with E-state index < -0.39 is 0 Å². The van der Waals surface area contributed by atoms with Gasteiger partial charge in [-0.25, -0.2) is 0 Å². The Morgan fingerprint density at radius 1 is 1.14 bits per heavy atom. The second-order valence-corrected chi connectivity index (χ2v) is 7.82. The van der Waals surface area contributed by atoms with E-state index in [0.717, 1.165) is 36.2 Å². The van der Waals surface area contributed by atoms with Gasteiger partial charge in [0, 0.05) is 12.2 Å². The summed E-state index contributed by atoms with van der Waals surface area (Å²) in [6.45, 7) is 5.53. The molecule has 2 aromatic rings. The highest BCUT2D eigenvalue weighted by atomic mass is 35.5. The van der Waals surface area contributed by atoms with Crippen LogP contribution in [0.5, 0.6) is 0 Å².